The number of furan rings is 2. The van der Waals surface area contributed by atoms with Gasteiger partial charge in [0, 0.05) is 88.5 Å². The molecule has 6 heteroatoms. The number of allylic oxidation sites excluding steroid dienone is 5. The third-order valence-corrected chi connectivity index (χ3v) is 22.7. The van der Waals surface area contributed by atoms with Crippen LogP contribution in [0.1, 0.15) is 63.9 Å². The zero-order chi connectivity index (χ0) is 66.7. The van der Waals surface area contributed by atoms with Crippen LogP contribution in [-0.2, 0) is 6.42 Å². The predicted molar refractivity (Wildman–Crippen MR) is 424 cm³/mol. The van der Waals surface area contributed by atoms with Crippen molar-refractivity contribution in [2.45, 2.75) is 37.8 Å². The third kappa shape index (κ3) is 8.53. The third-order valence-electron chi connectivity index (χ3n) is 22.7. The quantitative estimate of drug-likeness (QED) is 0.144. The summed E-state index contributed by atoms with van der Waals surface area (Å²) in [5.41, 5.74) is 34.0. The Labute approximate surface area is 589 Å². The molecule has 2 unspecified atom stereocenters. The van der Waals surface area contributed by atoms with E-state index in [9.17, 15) is 0 Å². The molecule has 22 rings (SSSR count). The number of aromatic nitrogens is 2. The molecule has 0 radical (unpaired) electrons. The minimum atomic E-state index is 0.0135. The highest BCUT2D eigenvalue weighted by Gasteiger charge is 2.42. The second-order valence-corrected chi connectivity index (χ2v) is 28.0. The van der Waals surface area contributed by atoms with Gasteiger partial charge in [0.15, 0.2) is 5.58 Å². The van der Waals surface area contributed by atoms with Crippen LogP contribution in [0.15, 0.2) is 330 Å². The molecule has 0 N–H and O–H groups in total. The van der Waals surface area contributed by atoms with Gasteiger partial charge in [-0.15, -0.1) is 0 Å². The number of para-hydroxylation sites is 8. The van der Waals surface area contributed by atoms with Gasteiger partial charge in [0.05, 0.1) is 34.3 Å². The Morgan fingerprint density at radius 3 is 1.59 bits per heavy atom. The lowest BCUT2D eigenvalue weighted by molar-refractivity contribution is 0.666. The molecule has 6 nitrogen and oxygen atoms in total. The number of nitrogens with zero attached hydrogens (tertiary/aromatic N) is 4. The van der Waals surface area contributed by atoms with Gasteiger partial charge in [-0.25, -0.2) is 0 Å². The number of aryl methyl sites for hydroxylation is 1. The van der Waals surface area contributed by atoms with Crippen molar-refractivity contribution < 1.29 is 8.83 Å². The van der Waals surface area contributed by atoms with Gasteiger partial charge in [0.25, 0.3) is 0 Å². The van der Waals surface area contributed by atoms with Gasteiger partial charge >= 0.3 is 0 Å². The maximum absolute atomic E-state index is 7.34. The molecular weight excluding hydrogens is 1240 g/mol. The van der Waals surface area contributed by atoms with E-state index < -0.39 is 0 Å². The Bertz CT molecular complexity index is 6570. The summed E-state index contributed by atoms with van der Waals surface area (Å²) in [6, 6.07) is 112. The van der Waals surface area contributed by atoms with Crippen LogP contribution in [0.4, 0.5) is 22.7 Å². The SMILES string of the molecule is C1=Cc2c(c3cc(C4=C(c5ccccc5)C=C5c6ccccc6N(c6cccc7c6oc6ccc(-c8ccc9c(c8)oc8c(C%10=C(c%11ccc%12c(c%11)c%11ccccc%11n%12-c%11ccccc%11)CC%11C(=C%10)c%10ccccc%10N%11c%10ccccc%10)cccc89)cc67)C5C4)ccc3n2-c2ccccc2)CC1. The molecule has 102 heavy (non-hydrogen) atoms. The van der Waals surface area contributed by atoms with Gasteiger partial charge in [-0.1, -0.05) is 200 Å². The summed E-state index contributed by atoms with van der Waals surface area (Å²) in [5, 5.41) is 8.14. The van der Waals surface area contributed by atoms with E-state index in [-0.39, 0.29) is 12.1 Å². The summed E-state index contributed by atoms with van der Waals surface area (Å²) in [6.45, 7) is 0. The van der Waals surface area contributed by atoms with Crippen LogP contribution in [0.3, 0.4) is 0 Å². The average Bonchev–Trinajstić information content (AvgIpc) is 1.56. The van der Waals surface area contributed by atoms with Crippen LogP contribution in [0, 0.1) is 0 Å². The summed E-state index contributed by atoms with van der Waals surface area (Å²) in [6.07, 6.45) is 13.3. The smallest absolute Gasteiger partial charge is 0.159 e. The van der Waals surface area contributed by atoms with E-state index in [4.69, 9.17) is 8.83 Å². The molecule has 0 bridgehead atoms. The zero-order valence-electron chi connectivity index (χ0n) is 55.8. The Kier molecular flexibility index (Phi) is 12.5. The first-order valence-electron chi connectivity index (χ1n) is 35.8. The molecule has 17 aromatic rings. The monoisotopic (exact) mass is 1300 g/mol. The number of benzene rings is 13. The molecule has 0 amide bonds. The summed E-state index contributed by atoms with van der Waals surface area (Å²) >= 11 is 0. The van der Waals surface area contributed by atoms with Crippen molar-refractivity contribution in [2.75, 3.05) is 9.80 Å². The minimum absolute atomic E-state index is 0.0135. The highest BCUT2D eigenvalue weighted by atomic mass is 16.3. The minimum Gasteiger partial charge on any atom is -0.455 e. The van der Waals surface area contributed by atoms with Crippen LogP contribution < -0.4 is 9.80 Å². The molecule has 480 valence electrons. The van der Waals surface area contributed by atoms with Crippen molar-refractivity contribution in [1.29, 1.82) is 0 Å². The summed E-state index contributed by atoms with van der Waals surface area (Å²) in [7, 11) is 0. The molecule has 0 saturated heterocycles. The van der Waals surface area contributed by atoms with Gasteiger partial charge in [-0.05, 0) is 220 Å². The van der Waals surface area contributed by atoms with Crippen molar-refractivity contribution in [2.24, 2.45) is 0 Å². The lowest BCUT2D eigenvalue weighted by Gasteiger charge is -2.32. The summed E-state index contributed by atoms with van der Waals surface area (Å²) in [5.74, 6) is 0. The molecule has 5 aliphatic rings. The molecule has 2 atom stereocenters. The number of hydrogen-bond donors (Lipinski definition) is 0. The van der Waals surface area contributed by atoms with Gasteiger partial charge < -0.3 is 27.8 Å². The molecular formula is C96H64N4O2. The van der Waals surface area contributed by atoms with E-state index in [0.717, 1.165) is 97.6 Å². The zero-order valence-corrected chi connectivity index (χ0v) is 55.8. The fourth-order valence-corrected chi connectivity index (χ4v) is 18.2. The molecule has 4 aromatic heterocycles. The number of hydrogen-bond acceptors (Lipinski definition) is 4. The molecule has 3 aliphatic carbocycles. The lowest BCUT2D eigenvalue weighted by Crippen LogP contribution is -2.29. The summed E-state index contributed by atoms with van der Waals surface area (Å²) < 4.78 is 19.4. The van der Waals surface area contributed by atoms with Gasteiger partial charge in [0.2, 0.25) is 0 Å². The van der Waals surface area contributed by atoms with Crippen LogP contribution in [0.25, 0.3) is 139 Å². The van der Waals surface area contributed by atoms with Gasteiger partial charge in [-0.2, -0.15) is 0 Å². The Balaban J connectivity index is 0.653. The van der Waals surface area contributed by atoms with E-state index in [1.165, 1.54) is 128 Å². The van der Waals surface area contributed by atoms with Crippen molar-refractivity contribution in [3.05, 3.63) is 366 Å². The second kappa shape index (κ2) is 22.3. The molecule has 2 aliphatic heterocycles. The molecule has 6 heterocycles. The first kappa shape index (κ1) is 57.0. The Hall–Kier alpha value is -12.9. The molecule has 0 saturated carbocycles. The summed E-state index contributed by atoms with van der Waals surface area (Å²) in [4.78, 5) is 5.14. The largest absolute Gasteiger partial charge is 0.455 e. The molecule has 0 fully saturated rings. The highest BCUT2D eigenvalue weighted by molar-refractivity contribution is 6.18. The van der Waals surface area contributed by atoms with E-state index in [2.05, 4.69) is 347 Å². The van der Waals surface area contributed by atoms with E-state index in [1.54, 1.807) is 0 Å². The first-order valence-corrected chi connectivity index (χ1v) is 35.8. The second-order valence-electron chi connectivity index (χ2n) is 28.0. The fraction of sp³-hybridized carbons (Fsp3) is 0.0625. The average molecular weight is 1310 g/mol. The van der Waals surface area contributed by atoms with Gasteiger partial charge in [0.1, 0.15) is 16.7 Å². The maximum Gasteiger partial charge on any atom is 0.159 e. The van der Waals surface area contributed by atoms with Crippen molar-refractivity contribution >= 4 is 139 Å². The van der Waals surface area contributed by atoms with Crippen LogP contribution in [-0.4, -0.2) is 21.2 Å². The first-order chi connectivity index (χ1) is 50.6. The Morgan fingerprint density at radius 2 is 0.833 bits per heavy atom. The highest BCUT2D eigenvalue weighted by Crippen LogP contribution is 2.57. The fourth-order valence-electron chi connectivity index (χ4n) is 18.2. The number of anilines is 4. The predicted octanol–water partition coefficient (Wildman–Crippen LogP) is 25.0. The normalized spacial score (nSPS) is 16.2. The van der Waals surface area contributed by atoms with Crippen LogP contribution in [0.5, 0.6) is 0 Å². The lowest BCUT2D eigenvalue weighted by atomic mass is 9.81. The number of fused-ring (bicyclic) bond motifs is 18. The van der Waals surface area contributed by atoms with Crippen LogP contribution in [0.2, 0.25) is 0 Å². The van der Waals surface area contributed by atoms with E-state index >= 15 is 0 Å². The maximum atomic E-state index is 7.34. The van der Waals surface area contributed by atoms with Crippen molar-refractivity contribution in [3.63, 3.8) is 0 Å². The van der Waals surface area contributed by atoms with E-state index in [0.29, 0.717) is 0 Å². The standard InChI is InChI=1S/C96H64N4O2/c1-5-23-59(24-6-1)75-55-81-70-34-16-20-41-87(70)100(92(81)57-76(75)62-44-48-88-79(52-62)67-31-13-17-38-84(67)97(88)64-25-7-2-8-26-64)90-42-22-37-74-83-51-60(46-50-93(83)101-96(74)90)61-43-47-71-72-35-21-36-73(95(72)102-94(71)54-61)78-56-82-69-33-15-19-40-86(69)99(66-29-11-4-12-30-66)91(82)58-77(78)63-45-49-89-80(53-63)68-32-14-18-39-85(68)98(89)65-27-9-3-10-28-65/h1-12,14-30,32-56,91-92H,13,31,57-58H2. The topological polar surface area (TPSA) is 42.6 Å². The van der Waals surface area contributed by atoms with Crippen LogP contribution >= 0.6 is 0 Å². The van der Waals surface area contributed by atoms with Crippen molar-refractivity contribution in [1.82, 2.24) is 9.13 Å². The number of rotatable bonds is 9. The van der Waals surface area contributed by atoms with Gasteiger partial charge in [-0.3, -0.25) is 0 Å². The van der Waals surface area contributed by atoms with E-state index in [1.807, 2.05) is 0 Å². The van der Waals surface area contributed by atoms with Crippen molar-refractivity contribution in [3.8, 4) is 22.5 Å². The Morgan fingerprint density at radius 1 is 0.314 bits per heavy atom. The molecule has 0 spiro atoms. The molecule has 13 aromatic carbocycles.